The summed E-state index contributed by atoms with van der Waals surface area (Å²) < 4.78 is 22.7. The van der Waals surface area contributed by atoms with Crippen molar-refractivity contribution >= 4 is 33.2 Å². The first-order valence-electron chi connectivity index (χ1n) is 4.06. The van der Waals surface area contributed by atoms with Gasteiger partial charge in [-0.25, -0.2) is 13.2 Å². The summed E-state index contributed by atoms with van der Waals surface area (Å²) in [6.45, 7) is -0.615. The molecule has 4 N–H and O–H groups in total. The van der Waals surface area contributed by atoms with E-state index in [1.54, 1.807) is 4.89 Å². The van der Waals surface area contributed by atoms with Crippen LogP contribution in [0.25, 0.3) is 0 Å². The molecule has 0 spiro atoms. The third-order valence-corrected chi connectivity index (χ3v) is 4.12. The number of sulfonamides is 1. The molecule has 0 aliphatic heterocycles. The largest absolute Gasteiger partial charge is 0.478 e. The molecule has 94 valence electrons. The minimum atomic E-state index is -3.99. The van der Waals surface area contributed by atoms with E-state index in [2.05, 4.69) is 4.84 Å². The summed E-state index contributed by atoms with van der Waals surface area (Å²) in [5, 5.41) is 9.78. The zero-order valence-electron chi connectivity index (χ0n) is 8.24. The molecule has 1 aromatic heterocycles. The van der Waals surface area contributed by atoms with Crippen LogP contribution in [0.4, 0.5) is 0 Å². The third-order valence-electron chi connectivity index (χ3n) is 1.47. The first-order chi connectivity index (χ1) is 7.83. The molecule has 0 aromatic carbocycles. The molecular formula is C7H8N2O6S2. The number of nitrogens with one attached hydrogen (secondary N) is 1. The van der Waals surface area contributed by atoms with E-state index >= 15 is 0 Å². The SMILES string of the molecule is NC(=O)CONS(=O)(=O)c1cc(C(=O)O)cs1. The van der Waals surface area contributed by atoms with Crippen LogP contribution < -0.4 is 10.6 Å². The van der Waals surface area contributed by atoms with Crippen molar-refractivity contribution in [3.05, 3.63) is 17.0 Å². The van der Waals surface area contributed by atoms with Crippen LogP contribution in [-0.4, -0.2) is 32.0 Å². The molecule has 0 fully saturated rings. The predicted molar refractivity (Wildman–Crippen MR) is 56.7 cm³/mol. The van der Waals surface area contributed by atoms with Gasteiger partial charge in [0, 0.05) is 5.38 Å². The minimum absolute atomic E-state index is 0.148. The number of carbonyl (C=O) groups is 2. The lowest BCUT2D eigenvalue weighted by atomic mass is 10.4. The highest BCUT2D eigenvalue weighted by atomic mass is 32.2. The number of carbonyl (C=O) groups excluding carboxylic acids is 1. The van der Waals surface area contributed by atoms with Crippen LogP contribution in [-0.2, 0) is 19.7 Å². The molecule has 0 unspecified atom stereocenters. The monoisotopic (exact) mass is 280 g/mol. The summed E-state index contributed by atoms with van der Waals surface area (Å²) in [6, 6.07) is 0.975. The highest BCUT2D eigenvalue weighted by Gasteiger charge is 2.19. The van der Waals surface area contributed by atoms with Gasteiger partial charge in [-0.15, -0.1) is 11.3 Å². The fraction of sp³-hybridized carbons (Fsp3) is 0.143. The Morgan fingerprint density at radius 3 is 2.65 bits per heavy atom. The van der Waals surface area contributed by atoms with Gasteiger partial charge in [-0.1, -0.05) is 4.89 Å². The summed E-state index contributed by atoms with van der Waals surface area (Å²) in [5.74, 6) is -2.08. The van der Waals surface area contributed by atoms with Crippen LogP contribution in [0.3, 0.4) is 0 Å². The van der Waals surface area contributed by atoms with Crippen LogP contribution in [0.5, 0.6) is 0 Å². The van der Waals surface area contributed by atoms with Crippen molar-refractivity contribution in [3.8, 4) is 0 Å². The Kier molecular flexibility index (Phi) is 4.17. The average molecular weight is 280 g/mol. The lowest BCUT2D eigenvalue weighted by molar-refractivity contribution is -0.123. The fourth-order valence-electron chi connectivity index (χ4n) is 0.789. The standard InChI is InChI=1S/C7H8N2O6S2/c8-5(10)2-15-9-17(13,14)6-1-4(3-16-6)7(11)12/h1,3,9H,2H2,(H2,8,10)(H,11,12). The maximum absolute atomic E-state index is 11.5. The number of carboxylic acid groups (broad SMARTS) is 1. The van der Waals surface area contributed by atoms with Crippen LogP contribution in [0.1, 0.15) is 10.4 Å². The average Bonchev–Trinajstić information content (AvgIpc) is 2.65. The topological polar surface area (TPSA) is 136 Å². The van der Waals surface area contributed by atoms with Gasteiger partial charge in [0.1, 0.15) is 10.8 Å². The number of rotatable bonds is 6. The Balaban J connectivity index is 2.75. The van der Waals surface area contributed by atoms with Crippen molar-refractivity contribution in [3.63, 3.8) is 0 Å². The van der Waals surface area contributed by atoms with Crippen LogP contribution >= 0.6 is 11.3 Å². The molecule has 1 aromatic rings. The number of primary amides is 1. The molecule has 8 nitrogen and oxygen atoms in total. The van der Waals surface area contributed by atoms with Gasteiger partial charge in [-0.05, 0) is 6.07 Å². The first-order valence-corrected chi connectivity index (χ1v) is 6.43. The second-order valence-corrected chi connectivity index (χ2v) is 5.58. The Morgan fingerprint density at radius 1 is 1.53 bits per heavy atom. The lowest BCUT2D eigenvalue weighted by Gasteiger charge is -2.02. The summed E-state index contributed by atoms with van der Waals surface area (Å²) in [7, 11) is -3.99. The van der Waals surface area contributed by atoms with Gasteiger partial charge in [0.05, 0.1) is 5.56 Å². The van der Waals surface area contributed by atoms with Crippen molar-refractivity contribution in [2.45, 2.75) is 4.21 Å². The van der Waals surface area contributed by atoms with E-state index in [1.807, 2.05) is 0 Å². The number of hydrogen-bond donors (Lipinski definition) is 3. The second-order valence-electron chi connectivity index (χ2n) is 2.80. The zero-order valence-corrected chi connectivity index (χ0v) is 9.88. The molecule has 10 heteroatoms. The number of thiophene rings is 1. The number of hydrogen-bond acceptors (Lipinski definition) is 6. The number of nitrogens with two attached hydrogens (primary N) is 1. The molecule has 0 saturated carbocycles. The molecule has 0 bridgehead atoms. The zero-order chi connectivity index (χ0) is 13.1. The van der Waals surface area contributed by atoms with Crippen molar-refractivity contribution < 1.29 is 28.0 Å². The van der Waals surface area contributed by atoms with E-state index in [0.717, 1.165) is 6.07 Å². The third kappa shape index (κ3) is 3.78. The molecule has 0 saturated heterocycles. The lowest BCUT2D eigenvalue weighted by Crippen LogP contribution is -2.29. The van der Waals surface area contributed by atoms with Gasteiger partial charge < -0.3 is 10.8 Å². The molecule has 0 radical (unpaired) electrons. The molecular weight excluding hydrogens is 272 g/mol. The van der Waals surface area contributed by atoms with E-state index in [1.165, 1.54) is 5.38 Å². The Bertz CT molecular complexity index is 534. The van der Waals surface area contributed by atoms with Crippen LogP contribution in [0.2, 0.25) is 0 Å². The smallest absolute Gasteiger partial charge is 0.336 e. The van der Waals surface area contributed by atoms with E-state index < -0.39 is 28.5 Å². The summed E-state index contributed by atoms with van der Waals surface area (Å²) >= 11 is 0.716. The van der Waals surface area contributed by atoms with Gasteiger partial charge in [-0.2, -0.15) is 0 Å². The first kappa shape index (κ1) is 13.6. The molecule has 0 atom stereocenters. The predicted octanol–water partition coefficient (Wildman–Crippen LogP) is -0.858. The quantitative estimate of drug-likeness (QED) is 0.580. The van der Waals surface area contributed by atoms with Gasteiger partial charge in [-0.3, -0.25) is 9.63 Å². The van der Waals surface area contributed by atoms with Crippen molar-refractivity contribution in [1.82, 2.24) is 4.89 Å². The minimum Gasteiger partial charge on any atom is -0.478 e. The summed E-state index contributed by atoms with van der Waals surface area (Å²) in [6.07, 6.45) is 0. The number of amides is 1. The molecule has 1 amide bonds. The molecule has 1 heterocycles. The van der Waals surface area contributed by atoms with Gasteiger partial charge in [0.15, 0.2) is 0 Å². The highest BCUT2D eigenvalue weighted by Crippen LogP contribution is 2.19. The maximum atomic E-state index is 11.5. The van der Waals surface area contributed by atoms with Gasteiger partial charge in [0.2, 0.25) is 5.91 Å². The van der Waals surface area contributed by atoms with Gasteiger partial charge in [0.25, 0.3) is 10.0 Å². The Hall–Kier alpha value is -1.49. The van der Waals surface area contributed by atoms with E-state index in [9.17, 15) is 18.0 Å². The van der Waals surface area contributed by atoms with Crippen LogP contribution in [0.15, 0.2) is 15.7 Å². The normalized spacial score (nSPS) is 11.3. The molecule has 1 rings (SSSR count). The number of aromatic carboxylic acids is 1. The van der Waals surface area contributed by atoms with E-state index in [4.69, 9.17) is 10.8 Å². The van der Waals surface area contributed by atoms with Crippen molar-refractivity contribution in [2.24, 2.45) is 5.73 Å². The molecule has 0 aliphatic rings. The highest BCUT2D eigenvalue weighted by molar-refractivity contribution is 7.91. The Labute approximate surface area is 100 Å². The van der Waals surface area contributed by atoms with Crippen LogP contribution in [0, 0.1) is 0 Å². The summed E-state index contributed by atoms with van der Waals surface area (Å²) in [5.41, 5.74) is 4.58. The second kappa shape index (κ2) is 5.23. The fourth-order valence-corrected chi connectivity index (χ4v) is 2.73. The molecule has 17 heavy (non-hydrogen) atoms. The van der Waals surface area contributed by atoms with Crippen molar-refractivity contribution in [1.29, 1.82) is 0 Å². The van der Waals surface area contributed by atoms with E-state index in [-0.39, 0.29) is 9.77 Å². The van der Waals surface area contributed by atoms with Crippen molar-refractivity contribution in [2.75, 3.05) is 6.61 Å². The maximum Gasteiger partial charge on any atom is 0.336 e. The number of carboxylic acids is 1. The van der Waals surface area contributed by atoms with E-state index in [0.29, 0.717) is 11.3 Å². The summed E-state index contributed by atoms with van der Waals surface area (Å²) in [4.78, 5) is 26.8. The van der Waals surface area contributed by atoms with Gasteiger partial charge >= 0.3 is 5.97 Å². The Morgan fingerprint density at radius 2 is 2.18 bits per heavy atom. The molecule has 0 aliphatic carbocycles.